The van der Waals surface area contributed by atoms with E-state index >= 15 is 0 Å². The number of halogens is 1. The van der Waals surface area contributed by atoms with Crippen molar-refractivity contribution in [1.82, 2.24) is 0 Å². The van der Waals surface area contributed by atoms with Gasteiger partial charge in [-0.15, -0.1) is 0 Å². The van der Waals surface area contributed by atoms with Gasteiger partial charge >= 0.3 is 0 Å². The van der Waals surface area contributed by atoms with Crippen molar-refractivity contribution >= 4 is 28.9 Å². The Labute approximate surface area is 158 Å². The molecule has 0 aromatic heterocycles. The molecule has 0 aliphatic carbocycles. The van der Waals surface area contributed by atoms with Crippen LogP contribution in [0.25, 0.3) is 0 Å². The Bertz CT molecular complexity index is 808. The van der Waals surface area contributed by atoms with Crippen LogP contribution in [0.3, 0.4) is 0 Å². The van der Waals surface area contributed by atoms with Crippen LogP contribution in [0.15, 0.2) is 36.4 Å². The summed E-state index contributed by atoms with van der Waals surface area (Å²) in [5.74, 6) is 1.12. The lowest BCUT2D eigenvalue weighted by Crippen LogP contribution is -2.33. The summed E-state index contributed by atoms with van der Waals surface area (Å²) in [5.41, 5.74) is 2.47. The van der Waals surface area contributed by atoms with Crippen molar-refractivity contribution < 1.29 is 14.3 Å². The van der Waals surface area contributed by atoms with E-state index in [2.05, 4.69) is 5.32 Å². The maximum absolute atomic E-state index is 12.8. The third kappa shape index (κ3) is 3.73. The number of carbonyl (C=O) groups excluding carboxylic acids is 1. The maximum atomic E-state index is 12.8. The number of rotatable bonds is 5. The fourth-order valence-corrected chi connectivity index (χ4v) is 3.48. The van der Waals surface area contributed by atoms with E-state index in [4.69, 9.17) is 21.1 Å². The number of nitrogens with one attached hydrogen (secondary N) is 1. The highest BCUT2D eigenvalue weighted by molar-refractivity contribution is 6.34. The summed E-state index contributed by atoms with van der Waals surface area (Å²) in [7, 11) is 3.79. The first-order chi connectivity index (χ1) is 12.5. The van der Waals surface area contributed by atoms with Gasteiger partial charge in [0, 0.05) is 14.1 Å². The van der Waals surface area contributed by atoms with Gasteiger partial charge in [0.15, 0.2) is 11.5 Å². The van der Waals surface area contributed by atoms with Crippen molar-refractivity contribution in [3.05, 3.63) is 47.0 Å². The van der Waals surface area contributed by atoms with Crippen LogP contribution >= 0.6 is 11.6 Å². The topological polar surface area (TPSA) is 50.8 Å². The molecule has 0 saturated carbocycles. The minimum atomic E-state index is -0.270. The van der Waals surface area contributed by atoms with Crippen molar-refractivity contribution in [2.75, 3.05) is 37.5 Å². The second kappa shape index (κ2) is 7.87. The number of carbonyl (C=O) groups is 1. The lowest BCUT2D eigenvalue weighted by molar-refractivity contribution is -0.121. The largest absolute Gasteiger partial charge is 0.490 e. The third-order valence-corrected chi connectivity index (χ3v) is 4.62. The van der Waals surface area contributed by atoms with Crippen LogP contribution in [-0.2, 0) is 11.2 Å². The van der Waals surface area contributed by atoms with Crippen LogP contribution in [-0.4, -0.2) is 33.2 Å². The van der Waals surface area contributed by atoms with Crippen LogP contribution < -0.4 is 19.7 Å². The zero-order chi connectivity index (χ0) is 18.7. The Kier molecular flexibility index (Phi) is 5.57. The Hall–Kier alpha value is -2.40. The van der Waals surface area contributed by atoms with Crippen LogP contribution in [0.2, 0.25) is 5.02 Å². The molecule has 1 aliphatic heterocycles. The van der Waals surface area contributed by atoms with Crippen LogP contribution in [0.4, 0.5) is 11.4 Å². The smallest absolute Gasteiger partial charge is 0.231 e. The summed E-state index contributed by atoms with van der Waals surface area (Å²) < 4.78 is 11.5. The van der Waals surface area contributed by atoms with E-state index in [9.17, 15) is 4.79 Å². The molecule has 2 aromatic rings. The summed E-state index contributed by atoms with van der Waals surface area (Å²) in [5, 5.41) is 3.59. The molecule has 1 heterocycles. The molecule has 0 saturated heterocycles. The van der Waals surface area contributed by atoms with Gasteiger partial charge in [0.2, 0.25) is 5.91 Å². The van der Waals surface area contributed by atoms with E-state index in [0.717, 1.165) is 22.7 Å². The second-order valence-electron chi connectivity index (χ2n) is 6.41. The van der Waals surface area contributed by atoms with Crippen LogP contribution in [0.1, 0.15) is 12.5 Å². The molecule has 1 atom stereocenters. The molecule has 0 radical (unpaired) electrons. The summed E-state index contributed by atoms with van der Waals surface area (Å²) in [6.45, 7) is 2.83. The Morgan fingerprint density at radius 3 is 2.81 bits per heavy atom. The summed E-state index contributed by atoms with van der Waals surface area (Å²) in [6, 6.07) is 11.3. The van der Waals surface area contributed by atoms with E-state index in [1.54, 1.807) is 0 Å². The third-order valence-electron chi connectivity index (χ3n) is 4.32. The molecule has 1 unspecified atom stereocenters. The van der Waals surface area contributed by atoms with Crippen molar-refractivity contribution in [2.24, 2.45) is 5.92 Å². The van der Waals surface area contributed by atoms with Gasteiger partial charge in [-0.25, -0.2) is 0 Å². The van der Waals surface area contributed by atoms with E-state index in [-0.39, 0.29) is 11.8 Å². The monoisotopic (exact) mass is 374 g/mol. The van der Waals surface area contributed by atoms with Gasteiger partial charge < -0.3 is 19.7 Å². The van der Waals surface area contributed by atoms with Gasteiger partial charge in [-0.2, -0.15) is 0 Å². The number of amides is 1. The Balaban J connectivity index is 1.77. The molecule has 2 aromatic carbocycles. The molecule has 0 spiro atoms. The van der Waals surface area contributed by atoms with Gasteiger partial charge in [0.1, 0.15) is 6.61 Å². The Morgan fingerprint density at radius 2 is 2.08 bits per heavy atom. The summed E-state index contributed by atoms with van der Waals surface area (Å²) in [6.07, 6.45) is 0.611. The number of nitrogens with zero attached hydrogens (tertiary/aromatic N) is 1. The molecule has 5 nitrogen and oxygen atoms in total. The first-order valence-electron chi connectivity index (χ1n) is 8.65. The molecule has 138 valence electrons. The molecule has 1 aliphatic rings. The van der Waals surface area contributed by atoms with Gasteiger partial charge in [-0.05, 0) is 37.1 Å². The van der Waals surface area contributed by atoms with E-state index in [0.29, 0.717) is 30.3 Å². The highest BCUT2D eigenvalue weighted by Gasteiger charge is 2.28. The molecule has 26 heavy (non-hydrogen) atoms. The van der Waals surface area contributed by atoms with E-state index in [1.807, 2.05) is 62.3 Å². The SMILES string of the molecule is CCOc1cccc2c1OCC(C(=O)Nc1cccc(Cl)c1N(C)C)C2. The fourth-order valence-electron chi connectivity index (χ4n) is 3.14. The van der Waals surface area contributed by atoms with Crippen LogP contribution in [0.5, 0.6) is 11.5 Å². The minimum absolute atomic E-state index is 0.0807. The van der Waals surface area contributed by atoms with Gasteiger partial charge in [-0.1, -0.05) is 29.8 Å². The number of fused-ring (bicyclic) bond motifs is 1. The number of hydrogen-bond donors (Lipinski definition) is 1. The van der Waals surface area contributed by atoms with Gasteiger partial charge in [0.25, 0.3) is 0 Å². The molecule has 3 rings (SSSR count). The average Bonchev–Trinajstić information content (AvgIpc) is 2.61. The van der Waals surface area contributed by atoms with Crippen molar-refractivity contribution in [1.29, 1.82) is 0 Å². The lowest BCUT2D eigenvalue weighted by Gasteiger charge is -2.27. The van der Waals surface area contributed by atoms with Crippen molar-refractivity contribution in [3.8, 4) is 11.5 Å². The number of ether oxygens (including phenoxy) is 2. The maximum Gasteiger partial charge on any atom is 0.231 e. The molecule has 1 amide bonds. The predicted octanol–water partition coefficient (Wildman–Crippen LogP) is 3.99. The standard InChI is InChI=1S/C20H23ClN2O3/c1-4-25-17-10-5-7-13-11-14(12-26-19(13)17)20(24)22-16-9-6-8-15(21)18(16)23(2)3/h5-10,14H,4,11-12H2,1-3H3,(H,22,24). The number of para-hydroxylation sites is 2. The first kappa shape index (κ1) is 18.4. The highest BCUT2D eigenvalue weighted by atomic mass is 35.5. The molecule has 6 heteroatoms. The summed E-state index contributed by atoms with van der Waals surface area (Å²) in [4.78, 5) is 14.7. The normalized spacial score (nSPS) is 15.6. The first-order valence-corrected chi connectivity index (χ1v) is 9.03. The molecule has 0 bridgehead atoms. The Morgan fingerprint density at radius 1 is 1.31 bits per heavy atom. The lowest BCUT2D eigenvalue weighted by atomic mass is 9.95. The molecular weight excluding hydrogens is 352 g/mol. The van der Waals surface area contributed by atoms with Crippen LogP contribution in [0, 0.1) is 5.92 Å². The molecule has 0 fully saturated rings. The number of anilines is 2. The highest BCUT2D eigenvalue weighted by Crippen LogP contribution is 2.37. The average molecular weight is 375 g/mol. The second-order valence-corrected chi connectivity index (χ2v) is 6.82. The van der Waals surface area contributed by atoms with Crippen molar-refractivity contribution in [2.45, 2.75) is 13.3 Å². The van der Waals surface area contributed by atoms with Gasteiger partial charge in [-0.3, -0.25) is 4.79 Å². The zero-order valence-electron chi connectivity index (χ0n) is 15.2. The molecule has 1 N–H and O–H groups in total. The quantitative estimate of drug-likeness (QED) is 0.859. The fraction of sp³-hybridized carbons (Fsp3) is 0.350. The zero-order valence-corrected chi connectivity index (χ0v) is 16.0. The number of benzene rings is 2. The minimum Gasteiger partial charge on any atom is -0.490 e. The van der Waals surface area contributed by atoms with Crippen molar-refractivity contribution in [3.63, 3.8) is 0 Å². The van der Waals surface area contributed by atoms with E-state index < -0.39 is 0 Å². The molecular formula is C20H23ClN2O3. The van der Waals surface area contributed by atoms with E-state index in [1.165, 1.54) is 0 Å². The predicted molar refractivity (Wildman–Crippen MR) is 105 cm³/mol. The summed E-state index contributed by atoms with van der Waals surface area (Å²) >= 11 is 6.28. The number of hydrogen-bond acceptors (Lipinski definition) is 4. The van der Waals surface area contributed by atoms with Gasteiger partial charge in [0.05, 0.1) is 28.9 Å².